The third-order valence-corrected chi connectivity index (χ3v) is 1.42. The molecule has 0 N–H and O–H groups in total. The van der Waals surface area contributed by atoms with Crippen molar-refractivity contribution in [1.82, 2.24) is 0 Å². The molecule has 0 aliphatic rings. The normalized spacial score (nSPS) is 12.6. The van der Waals surface area contributed by atoms with Gasteiger partial charge in [0.05, 0.1) is 0 Å². The summed E-state index contributed by atoms with van der Waals surface area (Å²) < 4.78 is 0. The molecule has 0 spiro atoms. The summed E-state index contributed by atoms with van der Waals surface area (Å²) in [5.74, 6) is 0.317. The maximum Gasteiger partial charge on any atom is 0.129 e. The highest BCUT2D eigenvalue weighted by molar-refractivity contribution is 5.75. The van der Waals surface area contributed by atoms with Crippen LogP contribution >= 0.6 is 0 Å². The van der Waals surface area contributed by atoms with Crippen LogP contribution in [0.25, 0.3) is 0 Å². The van der Waals surface area contributed by atoms with Crippen molar-refractivity contribution < 1.29 is 9.59 Å². The van der Waals surface area contributed by atoms with E-state index >= 15 is 0 Å². The number of ketones is 1. The van der Waals surface area contributed by atoms with Crippen LogP contribution in [0, 0.1) is 5.92 Å². The summed E-state index contributed by atoms with van der Waals surface area (Å²) in [6.07, 6.45) is 3.22. The molecule has 0 radical (unpaired) electrons. The van der Waals surface area contributed by atoms with Gasteiger partial charge >= 0.3 is 0 Å². The van der Waals surface area contributed by atoms with Gasteiger partial charge < -0.3 is 9.59 Å². The summed E-state index contributed by atoms with van der Waals surface area (Å²) in [5, 5.41) is 0. The number of rotatable bonds is 5. The highest BCUT2D eigenvalue weighted by atomic mass is 16.1. The van der Waals surface area contributed by atoms with Gasteiger partial charge in [-0.2, -0.15) is 0 Å². The number of carbonyl (C=O) groups is 2. The summed E-state index contributed by atoms with van der Waals surface area (Å²) in [7, 11) is 0. The quantitative estimate of drug-likeness (QED) is 0.546. The summed E-state index contributed by atoms with van der Waals surface area (Å²) in [6.45, 7) is 3.44. The van der Waals surface area contributed by atoms with Crippen molar-refractivity contribution in [2.24, 2.45) is 5.92 Å². The van der Waals surface area contributed by atoms with E-state index in [0.717, 1.165) is 19.1 Å². The molecule has 1 atom stereocenters. The van der Waals surface area contributed by atoms with Crippen molar-refractivity contribution in [2.45, 2.75) is 33.1 Å². The lowest BCUT2D eigenvalue weighted by Crippen LogP contribution is -1.97. The molecule has 0 saturated carbocycles. The van der Waals surface area contributed by atoms with Crippen LogP contribution in [0.3, 0.4) is 0 Å². The molecule has 0 aromatic heterocycles. The average Bonchev–Trinajstić information content (AvgIpc) is 1.87. The zero-order chi connectivity index (χ0) is 7.98. The fourth-order valence-corrected chi connectivity index (χ4v) is 0.741. The molecule has 0 amide bonds. The van der Waals surface area contributed by atoms with Crippen molar-refractivity contribution in [2.75, 3.05) is 0 Å². The predicted octanol–water partition coefficient (Wildman–Crippen LogP) is 1.58. The highest BCUT2D eigenvalue weighted by Gasteiger charge is 1.99. The predicted molar refractivity (Wildman–Crippen MR) is 39.8 cm³/mol. The Morgan fingerprint density at radius 3 is 2.60 bits per heavy atom. The number of hydrogen-bond donors (Lipinski definition) is 0. The Morgan fingerprint density at radius 1 is 1.60 bits per heavy atom. The van der Waals surface area contributed by atoms with Crippen LogP contribution in [-0.2, 0) is 9.59 Å². The monoisotopic (exact) mass is 142 g/mol. The first-order valence-electron chi connectivity index (χ1n) is 3.61. The summed E-state index contributed by atoms with van der Waals surface area (Å²) in [6, 6.07) is 0. The van der Waals surface area contributed by atoms with Crippen LogP contribution in [0.2, 0.25) is 0 Å². The minimum Gasteiger partial charge on any atom is -0.303 e. The molecule has 1 unspecified atom stereocenters. The standard InChI is InChI=1S/C8H14O2/c1-7(6-9)4-3-5-8(2)10/h6-7H,3-5H2,1-2H3. The lowest BCUT2D eigenvalue weighted by atomic mass is 10.1. The van der Waals surface area contributed by atoms with Crippen molar-refractivity contribution in [3.63, 3.8) is 0 Å². The zero-order valence-electron chi connectivity index (χ0n) is 6.59. The smallest absolute Gasteiger partial charge is 0.129 e. The SMILES string of the molecule is CC(=O)CCCC(C)C=O. The fourth-order valence-electron chi connectivity index (χ4n) is 0.741. The van der Waals surface area contributed by atoms with Crippen LogP contribution in [0.1, 0.15) is 33.1 Å². The van der Waals surface area contributed by atoms with Crippen LogP contribution in [0.4, 0.5) is 0 Å². The van der Waals surface area contributed by atoms with E-state index in [9.17, 15) is 9.59 Å². The average molecular weight is 142 g/mol. The molecule has 2 heteroatoms. The van der Waals surface area contributed by atoms with E-state index in [2.05, 4.69) is 0 Å². The molecule has 0 aromatic carbocycles. The molecular weight excluding hydrogens is 128 g/mol. The molecule has 2 nitrogen and oxygen atoms in total. The van der Waals surface area contributed by atoms with Gasteiger partial charge in [-0.3, -0.25) is 0 Å². The second kappa shape index (κ2) is 5.15. The molecule has 0 heterocycles. The lowest BCUT2D eigenvalue weighted by Gasteiger charge is -1.99. The van der Waals surface area contributed by atoms with Gasteiger partial charge in [0, 0.05) is 12.3 Å². The Bertz CT molecular complexity index is 118. The van der Waals surface area contributed by atoms with Gasteiger partial charge in [0.25, 0.3) is 0 Å². The first kappa shape index (κ1) is 9.34. The van der Waals surface area contributed by atoms with E-state index in [1.165, 1.54) is 0 Å². The Morgan fingerprint density at radius 2 is 2.20 bits per heavy atom. The summed E-state index contributed by atoms with van der Waals surface area (Å²) in [5.41, 5.74) is 0. The van der Waals surface area contributed by atoms with Crippen LogP contribution < -0.4 is 0 Å². The second-order valence-corrected chi connectivity index (χ2v) is 2.71. The highest BCUT2D eigenvalue weighted by Crippen LogP contribution is 2.04. The maximum atomic E-state index is 10.4. The minimum absolute atomic E-state index is 0.111. The molecule has 0 fully saturated rings. The fraction of sp³-hybridized carbons (Fsp3) is 0.750. The van der Waals surface area contributed by atoms with Gasteiger partial charge in [-0.25, -0.2) is 0 Å². The maximum absolute atomic E-state index is 10.4. The Labute approximate surface area is 61.6 Å². The Hall–Kier alpha value is -0.660. The van der Waals surface area contributed by atoms with Crippen LogP contribution in [0.15, 0.2) is 0 Å². The molecule has 0 saturated heterocycles. The lowest BCUT2D eigenvalue weighted by molar-refractivity contribution is -0.117. The van der Waals surface area contributed by atoms with Gasteiger partial charge in [0.1, 0.15) is 12.1 Å². The first-order valence-corrected chi connectivity index (χ1v) is 3.61. The number of hydrogen-bond acceptors (Lipinski definition) is 2. The molecule has 0 bridgehead atoms. The number of aldehydes is 1. The first-order chi connectivity index (χ1) is 4.66. The summed E-state index contributed by atoms with van der Waals surface area (Å²) in [4.78, 5) is 20.5. The third kappa shape index (κ3) is 5.48. The van der Waals surface area contributed by atoms with E-state index in [4.69, 9.17) is 0 Å². The minimum atomic E-state index is 0.111. The number of Topliss-reactive ketones (excluding diaryl/α,β-unsaturated/α-hetero) is 1. The van der Waals surface area contributed by atoms with Crippen molar-refractivity contribution in [3.8, 4) is 0 Å². The molecular formula is C8H14O2. The molecule has 0 aliphatic carbocycles. The Kier molecular flexibility index (Phi) is 4.81. The van der Waals surface area contributed by atoms with E-state index in [0.29, 0.717) is 6.42 Å². The van der Waals surface area contributed by atoms with Gasteiger partial charge in [-0.1, -0.05) is 6.92 Å². The topological polar surface area (TPSA) is 34.1 Å². The van der Waals surface area contributed by atoms with Gasteiger partial charge in [0.2, 0.25) is 0 Å². The van der Waals surface area contributed by atoms with E-state index in [1.54, 1.807) is 6.92 Å². The van der Waals surface area contributed by atoms with Gasteiger partial charge in [-0.15, -0.1) is 0 Å². The second-order valence-electron chi connectivity index (χ2n) is 2.71. The third-order valence-electron chi connectivity index (χ3n) is 1.42. The molecule has 10 heavy (non-hydrogen) atoms. The van der Waals surface area contributed by atoms with Gasteiger partial charge in [0.15, 0.2) is 0 Å². The summed E-state index contributed by atoms with van der Waals surface area (Å²) >= 11 is 0. The molecule has 0 aromatic rings. The van der Waals surface area contributed by atoms with E-state index in [1.807, 2.05) is 6.92 Å². The van der Waals surface area contributed by atoms with Crippen molar-refractivity contribution in [1.29, 1.82) is 0 Å². The largest absolute Gasteiger partial charge is 0.303 e. The van der Waals surface area contributed by atoms with Crippen molar-refractivity contribution in [3.05, 3.63) is 0 Å². The van der Waals surface area contributed by atoms with Crippen LogP contribution in [0.5, 0.6) is 0 Å². The number of carbonyl (C=O) groups excluding carboxylic acids is 2. The zero-order valence-corrected chi connectivity index (χ0v) is 6.59. The van der Waals surface area contributed by atoms with Crippen molar-refractivity contribution >= 4 is 12.1 Å². The van der Waals surface area contributed by atoms with E-state index < -0.39 is 0 Å². The van der Waals surface area contributed by atoms with E-state index in [-0.39, 0.29) is 11.7 Å². The molecule has 58 valence electrons. The Balaban J connectivity index is 3.19. The molecule has 0 rings (SSSR count). The molecule has 0 aliphatic heterocycles. The van der Waals surface area contributed by atoms with Gasteiger partial charge in [-0.05, 0) is 19.8 Å². The van der Waals surface area contributed by atoms with Crippen LogP contribution in [-0.4, -0.2) is 12.1 Å².